The van der Waals surface area contributed by atoms with Crippen LogP contribution in [0.25, 0.3) is 20.9 Å². The molecule has 2 atom stereocenters. The SMILES string of the molecule is [N-]=[N+]=NCc1ccccc1C[C@]1(C(=O)NNCc2ccc(Cl)cc2)N=C(c2ccc(OCCCO)cc2)O[C@H]1c1ccccc1N=[N+]=[N-]. The van der Waals surface area contributed by atoms with Crippen LogP contribution in [-0.2, 0) is 29.0 Å². The monoisotopic (exact) mass is 665 g/mol. The van der Waals surface area contributed by atoms with Gasteiger partial charge in [0.1, 0.15) is 5.75 Å². The largest absolute Gasteiger partial charge is 0.494 e. The predicted molar refractivity (Wildman–Crippen MR) is 181 cm³/mol. The highest BCUT2D eigenvalue weighted by Gasteiger charge is 2.54. The molecule has 0 aliphatic carbocycles. The third kappa shape index (κ3) is 8.05. The molecule has 3 N–H and O–H groups in total. The van der Waals surface area contributed by atoms with Crippen LogP contribution in [-0.4, -0.2) is 35.7 Å². The third-order valence-corrected chi connectivity index (χ3v) is 7.94. The summed E-state index contributed by atoms with van der Waals surface area (Å²) >= 11 is 6.04. The molecule has 0 saturated carbocycles. The minimum Gasteiger partial charge on any atom is -0.494 e. The van der Waals surface area contributed by atoms with Crippen molar-refractivity contribution in [3.05, 3.63) is 151 Å². The van der Waals surface area contributed by atoms with E-state index in [2.05, 4.69) is 30.9 Å². The zero-order chi connectivity index (χ0) is 33.8. The Morgan fingerprint density at radius 1 is 0.979 bits per heavy atom. The molecule has 244 valence electrons. The van der Waals surface area contributed by atoms with Crippen LogP contribution in [0.2, 0.25) is 5.02 Å². The van der Waals surface area contributed by atoms with Gasteiger partial charge < -0.3 is 14.6 Å². The fraction of sp³-hybridized carbons (Fsp3) is 0.235. The molecule has 1 heterocycles. The molecule has 13 nitrogen and oxygen atoms in total. The molecule has 1 amide bonds. The molecule has 4 aromatic carbocycles. The second-order valence-electron chi connectivity index (χ2n) is 10.8. The maximum Gasteiger partial charge on any atom is 0.266 e. The maximum atomic E-state index is 14.6. The van der Waals surface area contributed by atoms with Crippen LogP contribution in [0.4, 0.5) is 5.69 Å². The number of nitrogens with one attached hydrogen (secondary N) is 2. The van der Waals surface area contributed by atoms with E-state index >= 15 is 0 Å². The summed E-state index contributed by atoms with van der Waals surface area (Å²) in [5.41, 5.74) is 26.3. The van der Waals surface area contributed by atoms with Gasteiger partial charge in [-0.15, -0.1) is 0 Å². The summed E-state index contributed by atoms with van der Waals surface area (Å²) in [6.45, 7) is 0.731. The van der Waals surface area contributed by atoms with Crippen LogP contribution in [0.15, 0.2) is 112 Å². The average Bonchev–Trinajstić information content (AvgIpc) is 3.49. The Bertz CT molecular complexity index is 1860. The first-order valence-corrected chi connectivity index (χ1v) is 15.4. The number of benzene rings is 4. The molecule has 0 radical (unpaired) electrons. The van der Waals surface area contributed by atoms with Gasteiger partial charge in [0.2, 0.25) is 5.90 Å². The van der Waals surface area contributed by atoms with Crippen molar-refractivity contribution in [1.29, 1.82) is 0 Å². The molecule has 0 spiro atoms. The van der Waals surface area contributed by atoms with Crippen molar-refractivity contribution in [2.45, 2.75) is 37.6 Å². The van der Waals surface area contributed by atoms with Gasteiger partial charge in [-0.1, -0.05) is 82.5 Å². The second kappa shape index (κ2) is 16.3. The van der Waals surface area contributed by atoms with E-state index in [-0.39, 0.29) is 31.2 Å². The van der Waals surface area contributed by atoms with Crippen LogP contribution in [0.3, 0.4) is 0 Å². The Hall–Kier alpha value is -5.55. The molecule has 1 aliphatic heterocycles. The van der Waals surface area contributed by atoms with E-state index in [1.807, 2.05) is 36.4 Å². The topological polar surface area (TPSA) is 190 Å². The zero-order valence-corrected chi connectivity index (χ0v) is 26.5. The summed E-state index contributed by atoms with van der Waals surface area (Å²) < 4.78 is 12.3. The van der Waals surface area contributed by atoms with Crippen molar-refractivity contribution in [3.63, 3.8) is 0 Å². The molecule has 5 rings (SSSR count). The predicted octanol–water partition coefficient (Wildman–Crippen LogP) is 7.17. The number of hydrazine groups is 1. The van der Waals surface area contributed by atoms with Crippen LogP contribution in [0, 0.1) is 0 Å². The third-order valence-electron chi connectivity index (χ3n) is 7.69. The summed E-state index contributed by atoms with van der Waals surface area (Å²) in [6, 6.07) is 28.5. The molecule has 0 saturated heterocycles. The minimum atomic E-state index is -1.63. The van der Waals surface area contributed by atoms with Gasteiger partial charge in [0.05, 0.1) is 13.2 Å². The first-order chi connectivity index (χ1) is 23.5. The van der Waals surface area contributed by atoms with Crippen molar-refractivity contribution in [3.8, 4) is 5.75 Å². The molecule has 1 aliphatic rings. The van der Waals surface area contributed by atoms with Crippen molar-refractivity contribution in [2.75, 3.05) is 13.2 Å². The molecule has 0 aromatic heterocycles. The number of rotatable bonds is 15. The lowest BCUT2D eigenvalue weighted by Gasteiger charge is -2.32. The number of amides is 1. The van der Waals surface area contributed by atoms with E-state index in [1.165, 1.54) is 0 Å². The highest BCUT2D eigenvalue weighted by Crippen LogP contribution is 2.45. The van der Waals surface area contributed by atoms with Crippen molar-refractivity contribution in [1.82, 2.24) is 10.9 Å². The second-order valence-corrected chi connectivity index (χ2v) is 11.2. The number of aliphatic hydroxyl groups excluding tert-OH is 1. The minimum absolute atomic E-state index is 0.0200. The zero-order valence-electron chi connectivity index (χ0n) is 25.7. The summed E-state index contributed by atoms with van der Waals surface area (Å²) in [6.07, 6.45) is -0.506. The van der Waals surface area contributed by atoms with Crippen molar-refractivity contribution >= 4 is 29.1 Å². The lowest BCUT2D eigenvalue weighted by molar-refractivity contribution is -0.130. The van der Waals surface area contributed by atoms with Gasteiger partial charge in [0.25, 0.3) is 5.91 Å². The molecule has 0 bridgehead atoms. The molecule has 4 aromatic rings. The van der Waals surface area contributed by atoms with Crippen molar-refractivity contribution in [2.24, 2.45) is 15.2 Å². The van der Waals surface area contributed by atoms with Crippen molar-refractivity contribution < 1.29 is 19.4 Å². The maximum absolute atomic E-state index is 14.6. The van der Waals surface area contributed by atoms with Crippen LogP contribution >= 0.6 is 11.6 Å². The van der Waals surface area contributed by atoms with Gasteiger partial charge in [-0.05, 0) is 64.2 Å². The number of hydrogen-bond donors (Lipinski definition) is 3. The molecular formula is C34H32ClN9O4. The van der Waals surface area contributed by atoms with Gasteiger partial charge in [-0.2, -0.15) is 0 Å². The number of aliphatic hydroxyl groups is 1. The van der Waals surface area contributed by atoms with E-state index in [4.69, 9.17) is 36.7 Å². The Balaban J connectivity index is 1.60. The van der Waals surface area contributed by atoms with E-state index in [0.29, 0.717) is 52.6 Å². The summed E-state index contributed by atoms with van der Waals surface area (Å²) in [5, 5.41) is 17.3. The van der Waals surface area contributed by atoms with E-state index in [1.54, 1.807) is 60.7 Å². The van der Waals surface area contributed by atoms with Crippen LogP contribution < -0.4 is 15.6 Å². The number of azide groups is 2. The quantitative estimate of drug-likeness (QED) is 0.0398. The van der Waals surface area contributed by atoms with Gasteiger partial charge >= 0.3 is 0 Å². The normalized spacial score (nSPS) is 16.5. The smallest absolute Gasteiger partial charge is 0.266 e. The number of carbonyl (C=O) groups is 1. The fourth-order valence-electron chi connectivity index (χ4n) is 5.33. The lowest BCUT2D eigenvalue weighted by atomic mass is 9.80. The molecule has 48 heavy (non-hydrogen) atoms. The molecular weight excluding hydrogens is 634 g/mol. The Morgan fingerprint density at radius 3 is 2.44 bits per heavy atom. The number of hydrogen-bond acceptors (Lipinski definition) is 8. The lowest BCUT2D eigenvalue weighted by Crippen LogP contribution is -2.53. The highest BCUT2D eigenvalue weighted by atomic mass is 35.5. The number of ether oxygens (including phenoxy) is 2. The number of nitrogens with zero attached hydrogens (tertiary/aromatic N) is 7. The summed E-state index contributed by atoms with van der Waals surface area (Å²) in [4.78, 5) is 25.5. The number of halogens is 1. The number of carbonyl (C=O) groups excluding carboxylic acids is 1. The number of aliphatic imine (C=N–C) groups is 1. The Labute approximate surface area is 281 Å². The van der Waals surface area contributed by atoms with Gasteiger partial charge in [0.15, 0.2) is 11.6 Å². The van der Waals surface area contributed by atoms with E-state index in [0.717, 1.165) is 5.56 Å². The van der Waals surface area contributed by atoms with E-state index in [9.17, 15) is 10.3 Å². The highest BCUT2D eigenvalue weighted by molar-refractivity contribution is 6.30. The standard InChI is InChI=1S/C34H32ClN9O4/c35-27-14-10-23(11-15-27)21-38-42-33(46)34(20-25-6-1-2-7-26(25)22-39-43-36)31(29-8-3-4-9-30(29)41-44-37)48-32(40-34)24-12-16-28(17-13-24)47-19-5-18-45/h1-4,6-17,31,38,45H,5,18-22H2,(H,42,46)/t31-,34-/m0/s1. The van der Waals surface area contributed by atoms with E-state index < -0.39 is 17.6 Å². The van der Waals surface area contributed by atoms with Crippen LogP contribution in [0.5, 0.6) is 5.75 Å². The average molecular weight is 666 g/mol. The van der Waals surface area contributed by atoms with Gasteiger partial charge in [-0.3, -0.25) is 10.2 Å². The summed E-state index contributed by atoms with van der Waals surface area (Å²) in [7, 11) is 0. The fourth-order valence-corrected chi connectivity index (χ4v) is 5.45. The summed E-state index contributed by atoms with van der Waals surface area (Å²) in [5.74, 6) is 0.284. The Kier molecular flexibility index (Phi) is 11.5. The first-order valence-electron chi connectivity index (χ1n) is 15.1. The molecule has 0 fully saturated rings. The Morgan fingerprint density at radius 2 is 1.71 bits per heavy atom. The molecule has 14 heteroatoms. The van der Waals surface area contributed by atoms with Crippen LogP contribution in [0.1, 0.15) is 40.3 Å². The first kappa shape index (κ1) is 33.8. The van der Waals surface area contributed by atoms with Gasteiger partial charge in [-0.25, -0.2) is 10.4 Å². The van der Waals surface area contributed by atoms with Gasteiger partial charge in [0, 0.05) is 57.7 Å². The molecule has 0 unspecified atom stereocenters.